The molecular weight excluding hydrogens is 346 g/mol. The van der Waals surface area contributed by atoms with E-state index in [-0.39, 0.29) is 17.7 Å². The van der Waals surface area contributed by atoms with E-state index in [4.69, 9.17) is 14.6 Å². The summed E-state index contributed by atoms with van der Waals surface area (Å²) in [5.41, 5.74) is 1.36. The van der Waals surface area contributed by atoms with E-state index in [0.717, 1.165) is 5.56 Å². The third kappa shape index (κ3) is 4.01. The number of benzene rings is 2. The summed E-state index contributed by atoms with van der Waals surface area (Å²) in [6.45, 7) is 0.571. The predicted molar refractivity (Wildman–Crippen MR) is 90.9 cm³/mol. The summed E-state index contributed by atoms with van der Waals surface area (Å²) >= 11 is 0. The van der Waals surface area contributed by atoms with Crippen LogP contribution in [0, 0.1) is 0 Å². The first-order valence-electron chi connectivity index (χ1n) is 7.36. The Hall–Kier alpha value is -2.78. The van der Waals surface area contributed by atoms with Crippen LogP contribution in [0.4, 0.5) is 10.5 Å². The van der Waals surface area contributed by atoms with Gasteiger partial charge in [-0.3, -0.25) is 0 Å². The molecule has 9 heteroatoms. The lowest BCUT2D eigenvalue weighted by molar-refractivity contribution is 0.174. The molecular formula is C16H17N3O5S. The molecule has 2 aromatic carbocycles. The van der Waals surface area contributed by atoms with E-state index in [0.29, 0.717) is 23.7 Å². The highest BCUT2D eigenvalue weighted by atomic mass is 32.2. The van der Waals surface area contributed by atoms with Gasteiger partial charge in [0, 0.05) is 19.3 Å². The number of fused-ring (bicyclic) bond motifs is 1. The Bertz CT molecular complexity index is 896. The standard InChI is InChI=1S/C16H17N3O5S/c1-19(9-11-2-7-14-15(8-11)24-10-23-14)16(20)18-12-3-5-13(6-4-12)25(17,21)22/h2-8H,9-10H2,1H3,(H,18,20)(H2,17,21,22). The van der Waals surface area contributed by atoms with Crippen LogP contribution in [0.3, 0.4) is 0 Å². The molecule has 1 aliphatic rings. The number of sulfonamides is 1. The SMILES string of the molecule is CN(Cc1ccc2c(c1)OCO2)C(=O)Nc1ccc(S(N)(=O)=O)cc1. The van der Waals surface area contributed by atoms with Crippen LogP contribution in [0.5, 0.6) is 11.5 Å². The normalized spacial score (nSPS) is 12.7. The average molecular weight is 363 g/mol. The molecule has 0 saturated carbocycles. The van der Waals surface area contributed by atoms with Gasteiger partial charge in [0.25, 0.3) is 0 Å². The topological polar surface area (TPSA) is 111 Å². The number of hydrogen-bond acceptors (Lipinski definition) is 5. The number of nitrogens with one attached hydrogen (secondary N) is 1. The number of urea groups is 1. The van der Waals surface area contributed by atoms with Gasteiger partial charge in [-0.2, -0.15) is 0 Å². The van der Waals surface area contributed by atoms with Gasteiger partial charge < -0.3 is 19.7 Å². The zero-order chi connectivity index (χ0) is 18.0. The van der Waals surface area contributed by atoms with E-state index in [1.165, 1.54) is 29.2 Å². The smallest absolute Gasteiger partial charge is 0.321 e. The number of anilines is 1. The highest BCUT2D eigenvalue weighted by Gasteiger charge is 2.16. The fourth-order valence-corrected chi connectivity index (χ4v) is 2.85. The minimum atomic E-state index is -3.76. The van der Waals surface area contributed by atoms with Crippen molar-refractivity contribution in [2.24, 2.45) is 5.14 Å². The van der Waals surface area contributed by atoms with Crippen LogP contribution < -0.4 is 19.9 Å². The van der Waals surface area contributed by atoms with Gasteiger partial charge in [-0.25, -0.2) is 18.4 Å². The second kappa shape index (κ2) is 6.61. The Morgan fingerprint density at radius 1 is 1.16 bits per heavy atom. The third-order valence-corrected chi connectivity index (χ3v) is 4.57. The molecule has 2 amide bonds. The number of primary sulfonamides is 1. The fourth-order valence-electron chi connectivity index (χ4n) is 2.33. The van der Waals surface area contributed by atoms with E-state index in [2.05, 4.69) is 5.32 Å². The van der Waals surface area contributed by atoms with Gasteiger partial charge in [0.15, 0.2) is 11.5 Å². The molecule has 0 radical (unpaired) electrons. The lowest BCUT2D eigenvalue weighted by Gasteiger charge is -2.18. The number of hydrogen-bond donors (Lipinski definition) is 2. The number of carbonyl (C=O) groups excluding carboxylic acids is 1. The fraction of sp³-hybridized carbons (Fsp3) is 0.188. The maximum atomic E-state index is 12.2. The van der Waals surface area contributed by atoms with E-state index < -0.39 is 10.0 Å². The first kappa shape index (κ1) is 17.1. The van der Waals surface area contributed by atoms with Crippen LogP contribution in [-0.2, 0) is 16.6 Å². The van der Waals surface area contributed by atoms with Gasteiger partial charge in [-0.1, -0.05) is 6.07 Å². The number of ether oxygens (including phenoxy) is 2. The van der Waals surface area contributed by atoms with Crippen LogP contribution in [0.25, 0.3) is 0 Å². The molecule has 2 aromatic rings. The van der Waals surface area contributed by atoms with Crippen molar-refractivity contribution in [2.45, 2.75) is 11.4 Å². The summed E-state index contributed by atoms with van der Waals surface area (Å²) in [6, 6.07) is 10.8. The molecule has 0 fully saturated rings. The molecule has 0 aromatic heterocycles. The maximum absolute atomic E-state index is 12.2. The van der Waals surface area contributed by atoms with E-state index in [1.807, 2.05) is 12.1 Å². The average Bonchev–Trinajstić information content (AvgIpc) is 3.02. The summed E-state index contributed by atoms with van der Waals surface area (Å²) < 4.78 is 33.0. The first-order valence-corrected chi connectivity index (χ1v) is 8.91. The van der Waals surface area contributed by atoms with Gasteiger partial charge in [0.2, 0.25) is 16.8 Å². The highest BCUT2D eigenvalue weighted by molar-refractivity contribution is 7.89. The van der Waals surface area contributed by atoms with Gasteiger partial charge in [-0.15, -0.1) is 0 Å². The Kier molecular flexibility index (Phi) is 4.51. The minimum absolute atomic E-state index is 0.0146. The first-order chi connectivity index (χ1) is 11.8. The van der Waals surface area contributed by atoms with Gasteiger partial charge in [0.1, 0.15) is 0 Å². The largest absolute Gasteiger partial charge is 0.454 e. The number of carbonyl (C=O) groups is 1. The van der Waals surface area contributed by atoms with E-state index in [9.17, 15) is 13.2 Å². The Balaban J connectivity index is 1.62. The van der Waals surface area contributed by atoms with Crippen LogP contribution in [-0.4, -0.2) is 33.2 Å². The van der Waals surface area contributed by atoms with Crippen molar-refractivity contribution in [3.8, 4) is 11.5 Å². The van der Waals surface area contributed by atoms with Gasteiger partial charge in [0.05, 0.1) is 4.90 Å². The zero-order valence-electron chi connectivity index (χ0n) is 13.4. The summed E-state index contributed by atoms with van der Waals surface area (Å²) in [4.78, 5) is 13.7. The monoisotopic (exact) mass is 363 g/mol. The van der Waals surface area contributed by atoms with E-state index >= 15 is 0 Å². The molecule has 3 N–H and O–H groups in total. The molecule has 0 bridgehead atoms. The Labute approximate surface area is 145 Å². The molecule has 132 valence electrons. The maximum Gasteiger partial charge on any atom is 0.321 e. The second-order valence-corrected chi connectivity index (χ2v) is 7.10. The number of nitrogens with two attached hydrogens (primary N) is 1. The van der Waals surface area contributed by atoms with Crippen molar-refractivity contribution >= 4 is 21.7 Å². The van der Waals surface area contributed by atoms with Crippen molar-refractivity contribution in [3.05, 3.63) is 48.0 Å². The Morgan fingerprint density at radius 3 is 2.52 bits per heavy atom. The summed E-state index contributed by atoms with van der Waals surface area (Å²) in [7, 11) is -2.10. The summed E-state index contributed by atoms with van der Waals surface area (Å²) in [5.74, 6) is 1.34. The summed E-state index contributed by atoms with van der Waals surface area (Å²) in [5, 5.41) is 7.73. The second-order valence-electron chi connectivity index (χ2n) is 5.54. The third-order valence-electron chi connectivity index (χ3n) is 3.64. The predicted octanol–water partition coefficient (Wildman–Crippen LogP) is 1.73. The van der Waals surface area contributed by atoms with Crippen molar-refractivity contribution in [1.29, 1.82) is 0 Å². The molecule has 0 atom stereocenters. The zero-order valence-corrected chi connectivity index (χ0v) is 14.2. The molecule has 25 heavy (non-hydrogen) atoms. The van der Waals surface area contributed by atoms with Crippen molar-refractivity contribution in [3.63, 3.8) is 0 Å². The highest BCUT2D eigenvalue weighted by Crippen LogP contribution is 2.32. The molecule has 1 heterocycles. The number of nitrogens with zero attached hydrogens (tertiary/aromatic N) is 1. The van der Waals surface area contributed by atoms with Crippen LogP contribution in [0.2, 0.25) is 0 Å². The molecule has 1 aliphatic heterocycles. The quantitative estimate of drug-likeness (QED) is 0.859. The van der Waals surface area contributed by atoms with Crippen LogP contribution in [0.15, 0.2) is 47.4 Å². The summed E-state index contributed by atoms with van der Waals surface area (Å²) in [6.07, 6.45) is 0. The van der Waals surface area contributed by atoms with Gasteiger partial charge in [-0.05, 0) is 42.0 Å². The lowest BCUT2D eigenvalue weighted by atomic mass is 10.2. The Morgan fingerprint density at radius 2 is 1.84 bits per heavy atom. The van der Waals surface area contributed by atoms with Crippen LogP contribution >= 0.6 is 0 Å². The van der Waals surface area contributed by atoms with Crippen LogP contribution in [0.1, 0.15) is 5.56 Å². The molecule has 3 rings (SSSR count). The molecule has 0 aliphatic carbocycles. The number of rotatable bonds is 4. The number of amides is 2. The molecule has 0 unspecified atom stereocenters. The molecule has 0 spiro atoms. The van der Waals surface area contributed by atoms with Crippen molar-refractivity contribution < 1.29 is 22.7 Å². The van der Waals surface area contributed by atoms with E-state index in [1.54, 1.807) is 13.1 Å². The minimum Gasteiger partial charge on any atom is -0.454 e. The molecule has 8 nitrogen and oxygen atoms in total. The van der Waals surface area contributed by atoms with Gasteiger partial charge >= 0.3 is 6.03 Å². The van der Waals surface area contributed by atoms with Crippen molar-refractivity contribution in [1.82, 2.24) is 4.90 Å². The lowest BCUT2D eigenvalue weighted by Crippen LogP contribution is -2.30. The van der Waals surface area contributed by atoms with Crippen molar-refractivity contribution in [2.75, 3.05) is 19.2 Å². The molecule has 0 saturated heterocycles.